The van der Waals surface area contributed by atoms with Gasteiger partial charge in [0, 0.05) is 11.1 Å². The number of halogens is 3. The molecule has 0 aromatic heterocycles. The van der Waals surface area contributed by atoms with Gasteiger partial charge in [-0.3, -0.25) is 5.41 Å². The van der Waals surface area contributed by atoms with Crippen molar-refractivity contribution < 1.29 is 8.78 Å². The maximum Gasteiger partial charge on any atom is 0.263 e. The fraction of sp³-hybridized carbons (Fsp3) is 0.125. The predicted octanol–water partition coefficient (Wildman–Crippen LogP) is 2.33. The van der Waals surface area contributed by atoms with Crippen molar-refractivity contribution in [2.24, 2.45) is 5.73 Å². The summed E-state index contributed by atoms with van der Waals surface area (Å²) < 4.78 is 24.0. The molecule has 13 heavy (non-hydrogen) atoms. The normalized spacial score (nSPS) is 9.46. The summed E-state index contributed by atoms with van der Waals surface area (Å²) in [4.78, 5) is 0. The Hall–Kier alpha value is -1.16. The molecule has 0 fully saturated rings. The van der Waals surface area contributed by atoms with Crippen LogP contribution in [0.1, 0.15) is 17.6 Å². The molecule has 72 valence electrons. The lowest BCUT2D eigenvalue weighted by molar-refractivity contribution is 0.151. The molecule has 0 unspecified atom stereocenters. The van der Waals surface area contributed by atoms with E-state index in [4.69, 9.17) is 11.1 Å². The van der Waals surface area contributed by atoms with Crippen molar-refractivity contribution in [1.29, 1.82) is 5.41 Å². The van der Waals surface area contributed by atoms with Crippen molar-refractivity contribution in [3.05, 3.63) is 35.4 Å². The van der Waals surface area contributed by atoms with Gasteiger partial charge in [0.25, 0.3) is 6.43 Å². The van der Waals surface area contributed by atoms with E-state index in [2.05, 4.69) is 0 Å². The molecule has 5 heteroatoms. The highest BCUT2D eigenvalue weighted by Gasteiger charge is 2.05. The third-order valence-electron chi connectivity index (χ3n) is 1.47. The second-order valence-corrected chi connectivity index (χ2v) is 2.34. The highest BCUT2D eigenvalue weighted by molar-refractivity contribution is 5.94. The van der Waals surface area contributed by atoms with Gasteiger partial charge >= 0.3 is 0 Å². The molecule has 0 aliphatic heterocycles. The minimum atomic E-state index is -2.47. The molecule has 3 N–H and O–H groups in total. The molecular weight excluding hydrogens is 198 g/mol. The van der Waals surface area contributed by atoms with Gasteiger partial charge in [0.2, 0.25) is 0 Å². The Morgan fingerprint density at radius 1 is 1.23 bits per heavy atom. The highest BCUT2D eigenvalue weighted by atomic mass is 35.5. The molecule has 0 radical (unpaired) electrons. The molecule has 0 bridgehead atoms. The third kappa shape index (κ3) is 2.99. The van der Waals surface area contributed by atoms with E-state index in [-0.39, 0.29) is 23.8 Å². The summed E-state index contributed by atoms with van der Waals surface area (Å²) in [6.45, 7) is 0. The van der Waals surface area contributed by atoms with E-state index in [1.807, 2.05) is 0 Å². The first-order valence-corrected chi connectivity index (χ1v) is 3.34. The molecule has 0 saturated carbocycles. The summed E-state index contributed by atoms with van der Waals surface area (Å²) in [5.41, 5.74) is 5.54. The van der Waals surface area contributed by atoms with Crippen LogP contribution in [0.2, 0.25) is 0 Å². The van der Waals surface area contributed by atoms with E-state index in [1.165, 1.54) is 24.3 Å². The number of amidine groups is 1. The summed E-state index contributed by atoms with van der Waals surface area (Å²) in [5.74, 6) is -0.115. The van der Waals surface area contributed by atoms with Crippen molar-refractivity contribution in [3.8, 4) is 0 Å². The number of rotatable bonds is 2. The lowest BCUT2D eigenvalue weighted by Gasteiger charge is -2.00. The highest BCUT2D eigenvalue weighted by Crippen LogP contribution is 2.18. The molecule has 1 aromatic rings. The van der Waals surface area contributed by atoms with Crippen LogP contribution >= 0.6 is 12.4 Å². The van der Waals surface area contributed by atoms with Gasteiger partial charge in [0.15, 0.2) is 0 Å². The zero-order valence-corrected chi connectivity index (χ0v) is 7.44. The average molecular weight is 207 g/mol. The van der Waals surface area contributed by atoms with Gasteiger partial charge in [-0.15, -0.1) is 12.4 Å². The number of hydrogen-bond donors (Lipinski definition) is 2. The number of nitrogens with two attached hydrogens (primary N) is 1. The van der Waals surface area contributed by atoms with Crippen LogP contribution in [0.15, 0.2) is 24.3 Å². The summed E-state index contributed by atoms with van der Waals surface area (Å²) in [6.07, 6.45) is -2.47. The van der Waals surface area contributed by atoms with Crippen molar-refractivity contribution in [2.45, 2.75) is 6.43 Å². The molecule has 0 amide bonds. The SMILES string of the molecule is Cl.N=C(N)c1ccc(C(F)F)cc1. The minimum Gasteiger partial charge on any atom is -0.384 e. The van der Waals surface area contributed by atoms with Gasteiger partial charge in [-0.05, 0) is 0 Å². The largest absolute Gasteiger partial charge is 0.384 e. The Morgan fingerprint density at radius 2 is 1.69 bits per heavy atom. The Bertz CT molecular complexity index is 285. The Balaban J connectivity index is 0.00000144. The van der Waals surface area contributed by atoms with E-state index >= 15 is 0 Å². The van der Waals surface area contributed by atoms with Crippen LogP contribution in [0.3, 0.4) is 0 Å². The Labute approximate surface area is 80.7 Å². The summed E-state index contributed by atoms with van der Waals surface area (Å²) >= 11 is 0. The molecule has 2 nitrogen and oxygen atoms in total. The van der Waals surface area contributed by atoms with Crippen LogP contribution in [0.25, 0.3) is 0 Å². The molecule has 0 atom stereocenters. The van der Waals surface area contributed by atoms with Gasteiger partial charge < -0.3 is 5.73 Å². The van der Waals surface area contributed by atoms with Gasteiger partial charge in [-0.2, -0.15) is 0 Å². The average Bonchev–Trinajstić information content (AvgIpc) is 2.04. The molecule has 0 saturated heterocycles. The molecule has 0 spiro atoms. The predicted molar refractivity (Wildman–Crippen MR) is 49.7 cm³/mol. The molecule has 1 rings (SSSR count). The van der Waals surface area contributed by atoms with Crippen molar-refractivity contribution >= 4 is 18.2 Å². The summed E-state index contributed by atoms with van der Waals surface area (Å²) in [7, 11) is 0. The van der Waals surface area contributed by atoms with Crippen molar-refractivity contribution in [1.82, 2.24) is 0 Å². The Morgan fingerprint density at radius 3 is 2.00 bits per heavy atom. The fourth-order valence-electron chi connectivity index (χ4n) is 0.808. The maximum atomic E-state index is 12.0. The minimum absolute atomic E-state index is 0. The quantitative estimate of drug-likeness (QED) is 0.566. The standard InChI is InChI=1S/C8H8F2N2.ClH/c9-7(10)5-1-3-6(4-2-5)8(11)12;/h1-4,7H,(H3,11,12);1H. The number of benzene rings is 1. The number of alkyl halides is 2. The number of nitrogens with one attached hydrogen (secondary N) is 1. The number of nitrogen functional groups attached to an aromatic ring is 1. The zero-order valence-electron chi connectivity index (χ0n) is 6.63. The smallest absolute Gasteiger partial charge is 0.263 e. The van der Waals surface area contributed by atoms with Crippen LogP contribution < -0.4 is 5.73 Å². The summed E-state index contributed by atoms with van der Waals surface area (Å²) in [5, 5.41) is 7.00. The van der Waals surface area contributed by atoms with Crippen LogP contribution in [-0.4, -0.2) is 5.84 Å². The topological polar surface area (TPSA) is 49.9 Å². The molecule has 0 heterocycles. The van der Waals surface area contributed by atoms with Crippen LogP contribution in [0.5, 0.6) is 0 Å². The zero-order chi connectivity index (χ0) is 9.14. The first-order chi connectivity index (χ1) is 5.61. The van der Waals surface area contributed by atoms with E-state index < -0.39 is 6.43 Å². The second-order valence-electron chi connectivity index (χ2n) is 2.34. The first kappa shape index (κ1) is 11.8. The van der Waals surface area contributed by atoms with E-state index in [1.54, 1.807) is 0 Å². The monoisotopic (exact) mass is 206 g/mol. The van der Waals surface area contributed by atoms with Crippen molar-refractivity contribution in [2.75, 3.05) is 0 Å². The molecule has 1 aromatic carbocycles. The molecule has 0 aliphatic carbocycles. The van der Waals surface area contributed by atoms with Crippen LogP contribution in [0, 0.1) is 5.41 Å². The van der Waals surface area contributed by atoms with Gasteiger partial charge in [0.1, 0.15) is 5.84 Å². The van der Waals surface area contributed by atoms with E-state index in [0.717, 1.165) is 0 Å². The van der Waals surface area contributed by atoms with Crippen molar-refractivity contribution in [3.63, 3.8) is 0 Å². The summed E-state index contributed by atoms with van der Waals surface area (Å²) in [6, 6.07) is 5.34. The lowest BCUT2D eigenvalue weighted by Crippen LogP contribution is -2.10. The molecular formula is C8H9ClF2N2. The fourth-order valence-corrected chi connectivity index (χ4v) is 0.808. The van der Waals surface area contributed by atoms with Gasteiger partial charge in [-0.25, -0.2) is 8.78 Å². The third-order valence-corrected chi connectivity index (χ3v) is 1.47. The van der Waals surface area contributed by atoms with Gasteiger partial charge in [-0.1, -0.05) is 24.3 Å². The lowest BCUT2D eigenvalue weighted by atomic mass is 10.1. The number of hydrogen-bond acceptors (Lipinski definition) is 1. The van der Waals surface area contributed by atoms with E-state index in [0.29, 0.717) is 5.56 Å². The van der Waals surface area contributed by atoms with Crippen LogP contribution in [0.4, 0.5) is 8.78 Å². The van der Waals surface area contributed by atoms with Crippen LogP contribution in [-0.2, 0) is 0 Å². The second kappa shape index (κ2) is 4.77. The van der Waals surface area contributed by atoms with Gasteiger partial charge in [0.05, 0.1) is 0 Å². The maximum absolute atomic E-state index is 12.0. The van der Waals surface area contributed by atoms with E-state index in [9.17, 15) is 8.78 Å². The Kier molecular flexibility index (Phi) is 4.34. The first-order valence-electron chi connectivity index (χ1n) is 3.34. The molecule has 0 aliphatic rings.